The lowest BCUT2D eigenvalue weighted by atomic mass is 10.3. The van der Waals surface area contributed by atoms with Crippen LogP contribution in [0, 0.1) is 6.92 Å². The number of rotatable bonds is 7. The van der Waals surface area contributed by atoms with Crippen LogP contribution in [0.5, 0.6) is 0 Å². The van der Waals surface area contributed by atoms with Crippen molar-refractivity contribution in [1.82, 2.24) is 19.5 Å². The second-order valence-corrected chi connectivity index (χ2v) is 4.96. The topological polar surface area (TPSA) is 81.6 Å². The van der Waals surface area contributed by atoms with E-state index in [1.807, 2.05) is 19.4 Å². The van der Waals surface area contributed by atoms with Gasteiger partial charge in [-0.1, -0.05) is 12.2 Å². The highest BCUT2D eigenvalue weighted by atomic mass is 32.1. The van der Waals surface area contributed by atoms with Crippen LogP contribution in [0.3, 0.4) is 0 Å². The molecule has 7 heteroatoms. The van der Waals surface area contributed by atoms with Crippen molar-refractivity contribution in [2.45, 2.75) is 26.3 Å². The first kappa shape index (κ1) is 14.4. The minimum Gasteiger partial charge on any atom is -0.388 e. The van der Waals surface area contributed by atoms with Gasteiger partial charge in [0.25, 0.3) is 0 Å². The summed E-state index contributed by atoms with van der Waals surface area (Å²) in [5.41, 5.74) is 7.04. The Labute approximate surface area is 123 Å². The monoisotopic (exact) mass is 290 g/mol. The molecule has 2 aromatic rings. The van der Waals surface area contributed by atoms with Crippen LogP contribution in [-0.4, -0.2) is 31.1 Å². The van der Waals surface area contributed by atoms with Crippen molar-refractivity contribution in [3.63, 3.8) is 0 Å². The molecule has 0 spiro atoms. The number of aromatic nitrogens is 4. The van der Waals surface area contributed by atoms with E-state index >= 15 is 0 Å². The summed E-state index contributed by atoms with van der Waals surface area (Å²) in [5, 5.41) is 3.20. The Hall–Kier alpha value is -2.02. The van der Waals surface area contributed by atoms with Gasteiger partial charge in [0.05, 0.1) is 6.33 Å². The summed E-state index contributed by atoms with van der Waals surface area (Å²) >= 11 is 4.93. The molecule has 0 saturated carbocycles. The van der Waals surface area contributed by atoms with Crippen molar-refractivity contribution in [3.05, 3.63) is 36.2 Å². The number of thiocarbonyl (C=S) groups is 1. The van der Waals surface area contributed by atoms with Gasteiger partial charge in [0, 0.05) is 31.2 Å². The van der Waals surface area contributed by atoms with Gasteiger partial charge in [0.15, 0.2) is 0 Å². The maximum absolute atomic E-state index is 5.59. The third-order valence-electron chi connectivity index (χ3n) is 2.79. The van der Waals surface area contributed by atoms with E-state index in [0.717, 1.165) is 31.6 Å². The van der Waals surface area contributed by atoms with Crippen molar-refractivity contribution in [3.8, 4) is 0 Å². The van der Waals surface area contributed by atoms with Gasteiger partial charge in [-0.2, -0.15) is 0 Å². The van der Waals surface area contributed by atoms with Crippen molar-refractivity contribution in [2.24, 2.45) is 5.73 Å². The quantitative estimate of drug-likeness (QED) is 0.594. The van der Waals surface area contributed by atoms with E-state index in [0.29, 0.717) is 16.6 Å². The summed E-state index contributed by atoms with van der Waals surface area (Å²) in [5.74, 6) is 0.579. The summed E-state index contributed by atoms with van der Waals surface area (Å²) in [7, 11) is 0. The number of nitrogens with zero attached hydrogens (tertiary/aromatic N) is 4. The Kier molecular flexibility index (Phi) is 5.00. The number of nitrogens with one attached hydrogen (secondary N) is 1. The van der Waals surface area contributed by atoms with E-state index < -0.39 is 0 Å². The molecular weight excluding hydrogens is 272 g/mol. The van der Waals surface area contributed by atoms with Crippen molar-refractivity contribution >= 4 is 23.2 Å². The number of nitrogens with two attached hydrogens (primary N) is 1. The zero-order valence-electron chi connectivity index (χ0n) is 11.4. The Morgan fingerprint density at radius 2 is 2.25 bits per heavy atom. The highest BCUT2D eigenvalue weighted by Crippen LogP contribution is 2.05. The van der Waals surface area contributed by atoms with Crippen LogP contribution < -0.4 is 11.1 Å². The maximum atomic E-state index is 5.59. The molecule has 0 unspecified atom stereocenters. The standard InChI is InChI=1S/C13H18N6S/c1-10-8-11(12(14)20)18-13(17-10)16-4-2-3-6-19-7-5-15-9-19/h5,7-9H,2-4,6H2,1H3,(H2,14,20)(H,16,17,18). The predicted molar refractivity (Wildman–Crippen MR) is 82.6 cm³/mol. The Morgan fingerprint density at radius 1 is 1.40 bits per heavy atom. The first-order chi connectivity index (χ1) is 9.65. The molecule has 2 heterocycles. The molecule has 0 aliphatic carbocycles. The molecule has 0 aliphatic rings. The van der Waals surface area contributed by atoms with Gasteiger partial charge >= 0.3 is 0 Å². The van der Waals surface area contributed by atoms with Gasteiger partial charge in [-0.25, -0.2) is 15.0 Å². The molecule has 0 bridgehead atoms. The fraction of sp³-hybridized carbons (Fsp3) is 0.385. The maximum Gasteiger partial charge on any atom is 0.223 e. The van der Waals surface area contributed by atoms with E-state index in [1.165, 1.54) is 0 Å². The Morgan fingerprint density at radius 3 is 2.95 bits per heavy atom. The molecule has 0 fully saturated rings. The van der Waals surface area contributed by atoms with E-state index in [4.69, 9.17) is 18.0 Å². The number of hydrogen-bond donors (Lipinski definition) is 2. The molecule has 0 aliphatic heterocycles. The smallest absolute Gasteiger partial charge is 0.223 e. The van der Waals surface area contributed by atoms with Gasteiger partial charge in [0.1, 0.15) is 10.7 Å². The van der Waals surface area contributed by atoms with Gasteiger partial charge in [-0.3, -0.25) is 0 Å². The van der Waals surface area contributed by atoms with E-state index in [9.17, 15) is 0 Å². The van der Waals surface area contributed by atoms with E-state index in [1.54, 1.807) is 12.3 Å². The average Bonchev–Trinajstić information content (AvgIpc) is 2.91. The zero-order valence-corrected chi connectivity index (χ0v) is 12.2. The molecule has 20 heavy (non-hydrogen) atoms. The number of hydrogen-bond acceptors (Lipinski definition) is 5. The van der Waals surface area contributed by atoms with Crippen LogP contribution in [0.2, 0.25) is 0 Å². The summed E-state index contributed by atoms with van der Waals surface area (Å²) < 4.78 is 2.06. The zero-order chi connectivity index (χ0) is 14.4. The Bertz CT molecular complexity index is 566. The summed E-state index contributed by atoms with van der Waals surface area (Å²) in [4.78, 5) is 12.9. The lowest BCUT2D eigenvalue weighted by Gasteiger charge is -2.07. The van der Waals surface area contributed by atoms with Crippen LogP contribution in [-0.2, 0) is 6.54 Å². The number of unbranched alkanes of at least 4 members (excludes halogenated alkanes) is 1. The minimum absolute atomic E-state index is 0.290. The fourth-order valence-corrected chi connectivity index (χ4v) is 1.92. The van der Waals surface area contributed by atoms with Crippen molar-refractivity contribution in [2.75, 3.05) is 11.9 Å². The largest absolute Gasteiger partial charge is 0.388 e. The Balaban J connectivity index is 1.77. The molecular formula is C13H18N6S. The molecule has 0 aromatic carbocycles. The second kappa shape index (κ2) is 6.95. The van der Waals surface area contributed by atoms with Crippen molar-refractivity contribution in [1.29, 1.82) is 0 Å². The molecule has 0 amide bonds. The molecule has 3 N–H and O–H groups in total. The van der Waals surface area contributed by atoms with Gasteiger partial charge in [-0.05, 0) is 25.8 Å². The molecule has 106 valence electrons. The lowest BCUT2D eigenvalue weighted by Crippen LogP contribution is -2.15. The van der Waals surface area contributed by atoms with Gasteiger partial charge in [-0.15, -0.1) is 0 Å². The molecule has 2 aromatic heterocycles. The first-order valence-electron chi connectivity index (χ1n) is 6.50. The summed E-state index contributed by atoms with van der Waals surface area (Å²) in [6.45, 7) is 3.68. The third kappa shape index (κ3) is 4.27. The van der Waals surface area contributed by atoms with Crippen LogP contribution in [0.4, 0.5) is 5.95 Å². The highest BCUT2D eigenvalue weighted by molar-refractivity contribution is 7.80. The fourth-order valence-electron chi connectivity index (χ4n) is 1.81. The molecule has 0 saturated heterocycles. The molecule has 0 radical (unpaired) electrons. The third-order valence-corrected chi connectivity index (χ3v) is 3.00. The van der Waals surface area contributed by atoms with E-state index in [2.05, 4.69) is 24.8 Å². The number of anilines is 1. The summed E-state index contributed by atoms with van der Waals surface area (Å²) in [6.07, 6.45) is 7.67. The molecule has 0 atom stereocenters. The van der Waals surface area contributed by atoms with Crippen molar-refractivity contribution < 1.29 is 0 Å². The van der Waals surface area contributed by atoms with Gasteiger partial charge < -0.3 is 15.6 Å². The number of imidazole rings is 1. The van der Waals surface area contributed by atoms with Crippen LogP contribution in [0.25, 0.3) is 0 Å². The van der Waals surface area contributed by atoms with Crippen LogP contribution >= 0.6 is 12.2 Å². The SMILES string of the molecule is Cc1cc(C(N)=S)nc(NCCCCn2ccnc2)n1. The molecule has 6 nitrogen and oxygen atoms in total. The van der Waals surface area contributed by atoms with E-state index in [-0.39, 0.29) is 0 Å². The normalized spacial score (nSPS) is 10.4. The minimum atomic E-state index is 0.290. The van der Waals surface area contributed by atoms with Crippen LogP contribution in [0.15, 0.2) is 24.8 Å². The number of aryl methyl sites for hydroxylation is 2. The lowest BCUT2D eigenvalue weighted by molar-refractivity contribution is 0.620. The predicted octanol–water partition coefficient (Wildman–Crippen LogP) is 1.51. The average molecular weight is 290 g/mol. The second-order valence-electron chi connectivity index (χ2n) is 4.52. The highest BCUT2D eigenvalue weighted by Gasteiger charge is 2.03. The van der Waals surface area contributed by atoms with Gasteiger partial charge in [0.2, 0.25) is 5.95 Å². The summed E-state index contributed by atoms with van der Waals surface area (Å²) in [6, 6.07) is 1.78. The first-order valence-corrected chi connectivity index (χ1v) is 6.91. The van der Waals surface area contributed by atoms with Crippen LogP contribution in [0.1, 0.15) is 24.2 Å². The molecule has 2 rings (SSSR count).